The van der Waals surface area contributed by atoms with Crippen molar-refractivity contribution in [2.24, 2.45) is 34.0 Å². The Morgan fingerprint density at radius 1 is 0.750 bits per heavy atom. The molecule has 0 aromatic heterocycles. The molecule has 1 unspecified atom stereocenters. The summed E-state index contributed by atoms with van der Waals surface area (Å²) in [5.41, 5.74) is 19.1. The van der Waals surface area contributed by atoms with Gasteiger partial charge in [-0.15, -0.1) is 4.99 Å². The zero-order valence-electron chi connectivity index (χ0n) is 28.1. The second-order valence-corrected chi connectivity index (χ2v) is 12.2. The molecular weight excluding hydrogens is 618 g/mol. The van der Waals surface area contributed by atoms with Crippen LogP contribution in [0.5, 0.6) is 0 Å². The van der Waals surface area contributed by atoms with Crippen LogP contribution >= 0.6 is 0 Å². The summed E-state index contributed by atoms with van der Waals surface area (Å²) in [7, 11) is 0. The number of rotatable bonds is 17. The maximum absolute atomic E-state index is 13.2. The minimum absolute atomic E-state index is 0.00944. The van der Waals surface area contributed by atoms with E-state index in [9.17, 15) is 24.0 Å². The molecule has 0 aliphatic carbocycles. The molecule has 0 fully saturated rings. The highest BCUT2D eigenvalue weighted by Gasteiger charge is 2.29. The maximum Gasteiger partial charge on any atom is 0.437 e. The standard InChI is InChI=1S/C34H49N7O7/c1-22(2)18-26(35)30(43)39-28(19-23(3)4)31(44)38-27(29(36)42)16-11-17-41(34(46)48-21-25-14-9-6-10-15-25)32(37)40-33(45)47-20-24-12-7-5-8-13-24/h5-10,12-15,22-23,26-28H,11,16-21,35H2,1-4H3,(H2,36,42)(H,38,44)(H,39,43)(H2,37,40,45)/t26?,27-,28+/m1/s1. The molecule has 0 aliphatic rings. The number of nitrogens with two attached hydrogens (primary N) is 3. The smallest absolute Gasteiger partial charge is 0.437 e. The van der Waals surface area contributed by atoms with E-state index in [1.165, 1.54) is 0 Å². The van der Waals surface area contributed by atoms with Gasteiger partial charge in [-0.05, 0) is 48.6 Å². The average Bonchev–Trinajstić information content (AvgIpc) is 3.03. The molecule has 2 rings (SSSR count). The molecule has 14 heteroatoms. The van der Waals surface area contributed by atoms with Crippen LogP contribution in [-0.4, -0.2) is 65.4 Å². The number of carbonyl (C=O) groups is 5. The first-order valence-corrected chi connectivity index (χ1v) is 16.0. The fourth-order valence-corrected chi connectivity index (χ4v) is 4.61. The van der Waals surface area contributed by atoms with Crippen molar-refractivity contribution in [3.05, 3.63) is 71.8 Å². The number of nitrogens with zero attached hydrogens (tertiary/aromatic N) is 2. The van der Waals surface area contributed by atoms with Crippen LogP contribution in [-0.2, 0) is 37.1 Å². The number of amides is 5. The molecule has 48 heavy (non-hydrogen) atoms. The van der Waals surface area contributed by atoms with Crippen LogP contribution < -0.4 is 27.8 Å². The molecule has 3 atom stereocenters. The fourth-order valence-electron chi connectivity index (χ4n) is 4.61. The summed E-state index contributed by atoms with van der Waals surface area (Å²) in [6, 6.07) is 15.0. The van der Waals surface area contributed by atoms with E-state index in [2.05, 4.69) is 15.6 Å². The summed E-state index contributed by atoms with van der Waals surface area (Å²) in [5.74, 6) is -2.16. The van der Waals surface area contributed by atoms with Gasteiger partial charge < -0.3 is 37.3 Å². The Hall–Kier alpha value is -4.98. The summed E-state index contributed by atoms with van der Waals surface area (Å²) in [6.07, 6.45) is -1.10. The molecule has 5 amide bonds. The third-order valence-corrected chi connectivity index (χ3v) is 7.05. The van der Waals surface area contributed by atoms with E-state index in [0.29, 0.717) is 18.4 Å². The second kappa shape index (κ2) is 20.3. The Morgan fingerprint density at radius 2 is 1.27 bits per heavy atom. The number of nitrogens with one attached hydrogen (secondary N) is 2. The van der Waals surface area contributed by atoms with Gasteiger partial charge in [-0.3, -0.25) is 14.4 Å². The lowest BCUT2D eigenvalue weighted by molar-refractivity contribution is -0.132. The van der Waals surface area contributed by atoms with E-state index in [1.807, 2.05) is 39.8 Å². The van der Waals surface area contributed by atoms with Crippen molar-refractivity contribution in [2.45, 2.75) is 84.7 Å². The van der Waals surface area contributed by atoms with Gasteiger partial charge in [-0.2, -0.15) is 0 Å². The number of aliphatic imine (C=N–C) groups is 1. The molecule has 0 aliphatic heterocycles. The summed E-state index contributed by atoms with van der Waals surface area (Å²) >= 11 is 0. The van der Waals surface area contributed by atoms with Crippen LogP contribution in [0.2, 0.25) is 0 Å². The minimum atomic E-state index is -1.15. The quantitative estimate of drug-likeness (QED) is 0.123. The molecule has 262 valence electrons. The van der Waals surface area contributed by atoms with Crippen LogP contribution in [0, 0.1) is 11.8 Å². The van der Waals surface area contributed by atoms with E-state index >= 15 is 0 Å². The first-order chi connectivity index (χ1) is 22.8. The van der Waals surface area contributed by atoms with Crippen LogP contribution in [0.25, 0.3) is 0 Å². The molecular formula is C34H49N7O7. The number of primary amides is 1. The van der Waals surface area contributed by atoms with Gasteiger partial charge in [0.2, 0.25) is 23.7 Å². The summed E-state index contributed by atoms with van der Waals surface area (Å²) in [4.78, 5) is 68.5. The first kappa shape index (κ1) is 39.2. The van der Waals surface area contributed by atoms with Gasteiger partial charge in [0.15, 0.2) is 0 Å². The van der Waals surface area contributed by atoms with Crippen molar-refractivity contribution in [1.82, 2.24) is 15.5 Å². The zero-order valence-corrected chi connectivity index (χ0v) is 28.1. The Morgan fingerprint density at radius 3 is 1.79 bits per heavy atom. The molecule has 8 N–H and O–H groups in total. The molecule has 2 aromatic carbocycles. The number of hydrogen-bond donors (Lipinski definition) is 5. The largest absolute Gasteiger partial charge is 0.444 e. The lowest BCUT2D eigenvalue weighted by Crippen LogP contribution is -2.55. The van der Waals surface area contributed by atoms with Crippen molar-refractivity contribution in [1.29, 1.82) is 0 Å². The topological polar surface area (TPSA) is 222 Å². The zero-order chi connectivity index (χ0) is 35.6. The van der Waals surface area contributed by atoms with Gasteiger partial charge in [0.05, 0.1) is 6.04 Å². The lowest BCUT2D eigenvalue weighted by Gasteiger charge is -2.25. The number of benzene rings is 2. The van der Waals surface area contributed by atoms with E-state index in [-0.39, 0.29) is 44.4 Å². The van der Waals surface area contributed by atoms with Crippen molar-refractivity contribution in [3.63, 3.8) is 0 Å². The third kappa shape index (κ3) is 14.6. The Kier molecular flexibility index (Phi) is 16.6. The van der Waals surface area contributed by atoms with Gasteiger partial charge in [0.1, 0.15) is 25.3 Å². The van der Waals surface area contributed by atoms with Gasteiger partial charge in [0, 0.05) is 6.54 Å². The minimum Gasteiger partial charge on any atom is -0.444 e. The summed E-state index contributed by atoms with van der Waals surface area (Å²) < 4.78 is 10.6. The predicted octanol–water partition coefficient (Wildman–Crippen LogP) is 2.93. The Balaban J connectivity index is 2.12. The van der Waals surface area contributed by atoms with E-state index in [1.54, 1.807) is 48.5 Å². The summed E-state index contributed by atoms with van der Waals surface area (Å²) in [5, 5.41) is 5.31. The lowest BCUT2D eigenvalue weighted by atomic mass is 10.00. The van der Waals surface area contributed by atoms with Gasteiger partial charge in [0.25, 0.3) is 0 Å². The molecule has 0 spiro atoms. The Labute approximate surface area is 281 Å². The fraction of sp³-hybridized carbons (Fsp3) is 0.471. The van der Waals surface area contributed by atoms with Crippen LogP contribution in [0.4, 0.5) is 9.59 Å². The van der Waals surface area contributed by atoms with Crippen LogP contribution in [0.15, 0.2) is 65.7 Å². The first-order valence-electron chi connectivity index (χ1n) is 16.0. The van der Waals surface area contributed by atoms with Crippen LogP contribution in [0.1, 0.15) is 64.5 Å². The molecule has 0 radical (unpaired) electrons. The highest BCUT2D eigenvalue weighted by molar-refractivity contribution is 5.98. The third-order valence-electron chi connectivity index (χ3n) is 7.05. The number of guanidine groups is 1. The average molecular weight is 668 g/mol. The van der Waals surface area contributed by atoms with Gasteiger partial charge >= 0.3 is 12.2 Å². The van der Waals surface area contributed by atoms with E-state index in [0.717, 1.165) is 10.5 Å². The Bertz CT molecular complexity index is 1370. The summed E-state index contributed by atoms with van der Waals surface area (Å²) in [6.45, 7) is 7.36. The second-order valence-electron chi connectivity index (χ2n) is 12.2. The normalized spacial score (nSPS) is 13.3. The van der Waals surface area contributed by atoms with Crippen molar-refractivity contribution in [2.75, 3.05) is 6.54 Å². The van der Waals surface area contributed by atoms with Gasteiger partial charge in [-0.25, -0.2) is 14.5 Å². The van der Waals surface area contributed by atoms with E-state index in [4.69, 9.17) is 26.7 Å². The predicted molar refractivity (Wildman–Crippen MR) is 181 cm³/mol. The monoisotopic (exact) mass is 667 g/mol. The van der Waals surface area contributed by atoms with Crippen molar-refractivity contribution < 1.29 is 33.4 Å². The highest BCUT2D eigenvalue weighted by atomic mass is 16.6. The molecule has 0 saturated heterocycles. The van der Waals surface area contributed by atoms with Gasteiger partial charge in [-0.1, -0.05) is 88.4 Å². The molecule has 2 aromatic rings. The van der Waals surface area contributed by atoms with Crippen molar-refractivity contribution in [3.8, 4) is 0 Å². The van der Waals surface area contributed by atoms with Crippen LogP contribution in [0.3, 0.4) is 0 Å². The SMILES string of the molecule is CC(C)CC(N)C(=O)N[C@@H](CC(C)C)C(=O)N[C@H](CCCN(C(=O)OCc1ccccc1)C(N)=NC(=O)OCc1ccccc1)C(N)=O. The molecule has 0 saturated carbocycles. The van der Waals surface area contributed by atoms with Crippen molar-refractivity contribution >= 4 is 35.9 Å². The maximum atomic E-state index is 13.2. The highest BCUT2D eigenvalue weighted by Crippen LogP contribution is 2.11. The molecule has 14 nitrogen and oxygen atoms in total. The molecule has 0 heterocycles. The number of ether oxygens (including phenoxy) is 2. The number of hydrogen-bond acceptors (Lipinski definition) is 8. The van der Waals surface area contributed by atoms with E-state index < -0.39 is 54.0 Å². The number of carbonyl (C=O) groups excluding carboxylic acids is 5. The molecule has 0 bridgehead atoms.